The van der Waals surface area contributed by atoms with Gasteiger partial charge in [0.05, 0.1) is 11.5 Å². The Labute approximate surface area is 126 Å². The lowest BCUT2D eigenvalue weighted by molar-refractivity contribution is 0.281. The fraction of sp³-hybridized carbons (Fsp3) is 0.500. The van der Waals surface area contributed by atoms with E-state index in [1.165, 1.54) is 0 Å². The van der Waals surface area contributed by atoms with Gasteiger partial charge in [0, 0.05) is 25.1 Å². The standard InChI is InChI=1S/C16H21NO3S/c1-14-7-6-11-17(13-14)21(19,20)16-10-3-2-8-15(16)9-4-5-12-18/h2-3,8,10,14,18H,5-7,11-13H2,1H3. The van der Waals surface area contributed by atoms with Crippen molar-refractivity contribution in [3.63, 3.8) is 0 Å². The van der Waals surface area contributed by atoms with Gasteiger partial charge in [0.15, 0.2) is 0 Å². The van der Waals surface area contributed by atoms with Crippen molar-refractivity contribution in [2.24, 2.45) is 5.92 Å². The lowest BCUT2D eigenvalue weighted by Crippen LogP contribution is -2.39. The maximum Gasteiger partial charge on any atom is 0.244 e. The van der Waals surface area contributed by atoms with Gasteiger partial charge in [0.25, 0.3) is 0 Å². The normalized spacial score (nSPS) is 19.8. The number of aliphatic hydroxyl groups is 1. The molecule has 1 saturated heterocycles. The molecule has 1 fully saturated rings. The quantitative estimate of drug-likeness (QED) is 0.867. The minimum atomic E-state index is -3.49. The number of rotatable bonds is 3. The van der Waals surface area contributed by atoms with Gasteiger partial charge >= 0.3 is 0 Å². The molecule has 0 aliphatic carbocycles. The number of hydrogen-bond acceptors (Lipinski definition) is 3. The molecular weight excluding hydrogens is 286 g/mol. The summed E-state index contributed by atoms with van der Waals surface area (Å²) in [7, 11) is -3.49. The van der Waals surface area contributed by atoms with Gasteiger partial charge in [0.2, 0.25) is 10.0 Å². The molecule has 1 aromatic carbocycles. The van der Waals surface area contributed by atoms with Crippen LogP contribution in [0.3, 0.4) is 0 Å². The van der Waals surface area contributed by atoms with Crippen LogP contribution in [0.2, 0.25) is 0 Å². The molecule has 0 spiro atoms. The molecule has 1 aromatic rings. The summed E-state index contributed by atoms with van der Waals surface area (Å²) in [5.41, 5.74) is 0.504. The first-order chi connectivity index (χ1) is 10.1. The van der Waals surface area contributed by atoms with Gasteiger partial charge in [-0.25, -0.2) is 8.42 Å². The van der Waals surface area contributed by atoms with Gasteiger partial charge in [-0.1, -0.05) is 30.9 Å². The first kappa shape index (κ1) is 16.0. The lowest BCUT2D eigenvalue weighted by atomic mass is 10.0. The Balaban J connectivity index is 2.34. The summed E-state index contributed by atoms with van der Waals surface area (Å²) in [6, 6.07) is 6.82. The van der Waals surface area contributed by atoms with Crippen molar-refractivity contribution in [1.29, 1.82) is 0 Å². The van der Waals surface area contributed by atoms with Gasteiger partial charge in [-0.2, -0.15) is 4.31 Å². The minimum absolute atomic E-state index is 0.0223. The molecule has 0 aromatic heterocycles. The van der Waals surface area contributed by atoms with Crippen molar-refractivity contribution in [3.8, 4) is 11.8 Å². The average molecular weight is 307 g/mol. The Morgan fingerprint density at radius 3 is 2.86 bits per heavy atom. The number of nitrogens with zero attached hydrogens (tertiary/aromatic N) is 1. The van der Waals surface area contributed by atoms with Crippen molar-refractivity contribution in [3.05, 3.63) is 29.8 Å². The molecule has 0 saturated carbocycles. The van der Waals surface area contributed by atoms with E-state index in [9.17, 15) is 8.42 Å². The van der Waals surface area contributed by atoms with Crippen molar-refractivity contribution >= 4 is 10.0 Å². The number of benzene rings is 1. The third kappa shape index (κ3) is 3.85. The van der Waals surface area contributed by atoms with E-state index in [0.717, 1.165) is 12.8 Å². The number of piperidine rings is 1. The van der Waals surface area contributed by atoms with E-state index >= 15 is 0 Å². The van der Waals surface area contributed by atoms with Crippen molar-refractivity contribution in [1.82, 2.24) is 4.31 Å². The van der Waals surface area contributed by atoms with Gasteiger partial charge in [0.1, 0.15) is 0 Å². The maximum atomic E-state index is 12.8. The smallest absolute Gasteiger partial charge is 0.244 e. The third-order valence-corrected chi connectivity index (χ3v) is 5.51. The second kappa shape index (κ2) is 7.08. The van der Waals surface area contributed by atoms with E-state index < -0.39 is 10.0 Å². The molecule has 2 rings (SSSR count). The Kier molecular flexibility index (Phi) is 5.40. The highest BCUT2D eigenvalue weighted by Crippen LogP contribution is 2.25. The van der Waals surface area contributed by atoms with E-state index in [0.29, 0.717) is 31.0 Å². The fourth-order valence-corrected chi connectivity index (χ4v) is 4.26. The first-order valence-corrected chi connectivity index (χ1v) is 8.68. The third-order valence-electron chi connectivity index (χ3n) is 3.58. The molecule has 1 aliphatic rings. The van der Waals surface area contributed by atoms with E-state index in [-0.39, 0.29) is 11.5 Å². The van der Waals surface area contributed by atoms with Crippen molar-refractivity contribution in [2.75, 3.05) is 19.7 Å². The molecule has 1 N–H and O–H groups in total. The van der Waals surface area contributed by atoms with Crippen LogP contribution in [0, 0.1) is 17.8 Å². The molecule has 1 aliphatic heterocycles. The summed E-state index contributed by atoms with van der Waals surface area (Å²) in [5.74, 6) is 6.04. The summed E-state index contributed by atoms with van der Waals surface area (Å²) < 4.78 is 27.2. The Hall–Kier alpha value is -1.35. The Morgan fingerprint density at radius 2 is 2.14 bits per heavy atom. The van der Waals surface area contributed by atoms with Gasteiger partial charge in [-0.05, 0) is 30.9 Å². The molecule has 5 heteroatoms. The van der Waals surface area contributed by atoms with Crippen LogP contribution in [0.4, 0.5) is 0 Å². The summed E-state index contributed by atoms with van der Waals surface area (Å²) in [6.45, 7) is 3.20. The topological polar surface area (TPSA) is 57.6 Å². The summed E-state index contributed by atoms with van der Waals surface area (Å²) in [4.78, 5) is 0.268. The van der Waals surface area contributed by atoms with Crippen LogP contribution < -0.4 is 0 Å². The molecule has 1 atom stereocenters. The van der Waals surface area contributed by atoms with Gasteiger partial charge < -0.3 is 5.11 Å². The molecule has 0 amide bonds. The minimum Gasteiger partial charge on any atom is -0.395 e. The molecule has 21 heavy (non-hydrogen) atoms. The Morgan fingerprint density at radius 1 is 1.38 bits per heavy atom. The summed E-state index contributed by atoms with van der Waals surface area (Å²) >= 11 is 0. The average Bonchev–Trinajstić information content (AvgIpc) is 2.48. The molecule has 0 bridgehead atoms. The van der Waals surface area contributed by atoms with Crippen LogP contribution in [-0.4, -0.2) is 37.5 Å². The molecular formula is C16H21NO3S. The molecule has 114 valence electrons. The van der Waals surface area contributed by atoms with Crippen LogP contribution in [0.5, 0.6) is 0 Å². The molecule has 1 heterocycles. The van der Waals surface area contributed by atoms with Crippen LogP contribution >= 0.6 is 0 Å². The molecule has 0 radical (unpaired) electrons. The zero-order valence-corrected chi connectivity index (χ0v) is 13.1. The highest BCUT2D eigenvalue weighted by atomic mass is 32.2. The van der Waals surface area contributed by atoms with Crippen LogP contribution in [0.15, 0.2) is 29.2 Å². The number of aliphatic hydroxyl groups excluding tert-OH is 1. The largest absolute Gasteiger partial charge is 0.395 e. The lowest BCUT2D eigenvalue weighted by Gasteiger charge is -2.30. The van der Waals surface area contributed by atoms with E-state index in [1.807, 2.05) is 0 Å². The number of hydrogen-bond donors (Lipinski definition) is 1. The zero-order valence-electron chi connectivity index (χ0n) is 12.2. The van der Waals surface area contributed by atoms with Gasteiger partial charge in [-0.3, -0.25) is 0 Å². The SMILES string of the molecule is CC1CCCN(S(=O)(=O)c2ccccc2C#CCCO)C1. The first-order valence-electron chi connectivity index (χ1n) is 7.24. The van der Waals surface area contributed by atoms with Crippen molar-refractivity contribution in [2.45, 2.75) is 31.1 Å². The Bertz CT molecular complexity index is 643. The highest BCUT2D eigenvalue weighted by molar-refractivity contribution is 7.89. The molecule has 4 nitrogen and oxygen atoms in total. The van der Waals surface area contributed by atoms with Gasteiger partial charge in [-0.15, -0.1) is 0 Å². The summed E-state index contributed by atoms with van der Waals surface area (Å²) in [6.07, 6.45) is 2.32. The summed E-state index contributed by atoms with van der Waals surface area (Å²) in [5, 5.41) is 8.78. The van der Waals surface area contributed by atoms with E-state index in [2.05, 4.69) is 18.8 Å². The van der Waals surface area contributed by atoms with E-state index in [1.54, 1.807) is 28.6 Å². The second-order valence-corrected chi connectivity index (χ2v) is 7.29. The fourth-order valence-electron chi connectivity index (χ4n) is 2.51. The van der Waals surface area contributed by atoms with Crippen LogP contribution in [0.1, 0.15) is 31.7 Å². The highest BCUT2D eigenvalue weighted by Gasteiger charge is 2.29. The van der Waals surface area contributed by atoms with Crippen LogP contribution in [-0.2, 0) is 10.0 Å². The predicted molar refractivity (Wildman–Crippen MR) is 82.2 cm³/mol. The predicted octanol–water partition coefficient (Wildman–Crippen LogP) is 1.84. The number of sulfonamides is 1. The molecule has 1 unspecified atom stereocenters. The van der Waals surface area contributed by atoms with E-state index in [4.69, 9.17) is 5.11 Å². The monoisotopic (exact) mass is 307 g/mol. The second-order valence-electron chi connectivity index (χ2n) is 5.38. The van der Waals surface area contributed by atoms with Crippen LogP contribution in [0.25, 0.3) is 0 Å². The van der Waals surface area contributed by atoms with Crippen molar-refractivity contribution < 1.29 is 13.5 Å². The maximum absolute atomic E-state index is 12.8. The zero-order chi connectivity index (χ0) is 15.3.